The van der Waals surface area contributed by atoms with Crippen LogP contribution in [0.3, 0.4) is 0 Å². The largest absolute Gasteiger partial charge is 0.383 e. The van der Waals surface area contributed by atoms with E-state index in [1.807, 2.05) is 24.5 Å². The fourth-order valence-electron chi connectivity index (χ4n) is 4.27. The lowest BCUT2D eigenvalue weighted by Gasteiger charge is -2.31. The molecule has 7 heteroatoms. The van der Waals surface area contributed by atoms with Crippen molar-refractivity contribution in [1.29, 1.82) is 0 Å². The highest BCUT2D eigenvalue weighted by Crippen LogP contribution is 2.35. The minimum atomic E-state index is 0.330. The van der Waals surface area contributed by atoms with Crippen molar-refractivity contribution in [3.05, 3.63) is 54.6 Å². The number of anilines is 2. The highest BCUT2D eigenvalue weighted by molar-refractivity contribution is 5.79. The third kappa shape index (κ3) is 3.74. The van der Waals surface area contributed by atoms with Crippen LogP contribution in [0.5, 0.6) is 0 Å². The van der Waals surface area contributed by atoms with Crippen molar-refractivity contribution in [1.82, 2.24) is 20.3 Å². The van der Waals surface area contributed by atoms with Gasteiger partial charge >= 0.3 is 0 Å². The van der Waals surface area contributed by atoms with Crippen molar-refractivity contribution in [2.75, 3.05) is 43.5 Å². The Kier molecular flexibility index (Phi) is 5.29. The Labute approximate surface area is 176 Å². The molecule has 5 heterocycles. The molecule has 1 atom stereocenters. The molecule has 3 aromatic rings. The minimum Gasteiger partial charge on any atom is -0.383 e. The van der Waals surface area contributed by atoms with Gasteiger partial charge in [0.1, 0.15) is 11.6 Å². The first-order valence-corrected chi connectivity index (χ1v) is 10.5. The van der Waals surface area contributed by atoms with Gasteiger partial charge in [-0.2, -0.15) is 0 Å². The van der Waals surface area contributed by atoms with Gasteiger partial charge < -0.3 is 20.7 Å². The van der Waals surface area contributed by atoms with Crippen LogP contribution >= 0.6 is 0 Å². The second-order valence-corrected chi connectivity index (χ2v) is 7.78. The fourth-order valence-corrected chi connectivity index (χ4v) is 4.27. The molecule has 5 rings (SSSR count). The summed E-state index contributed by atoms with van der Waals surface area (Å²) in [5, 5.41) is 3.64. The molecule has 0 saturated carbocycles. The van der Waals surface area contributed by atoms with Crippen LogP contribution in [0.4, 0.5) is 11.6 Å². The first-order valence-electron chi connectivity index (χ1n) is 10.5. The summed E-state index contributed by atoms with van der Waals surface area (Å²) in [5.41, 5.74) is 11.4. The Bertz CT molecular complexity index is 1010. The Morgan fingerprint density at radius 3 is 2.53 bits per heavy atom. The maximum absolute atomic E-state index is 6.17. The van der Waals surface area contributed by atoms with Gasteiger partial charge in [0, 0.05) is 66.2 Å². The number of aromatic nitrogens is 3. The van der Waals surface area contributed by atoms with E-state index < -0.39 is 0 Å². The highest BCUT2D eigenvalue weighted by atomic mass is 16.5. The molecule has 0 spiro atoms. The fraction of sp³-hybridized carbons (Fsp3) is 0.348. The molecule has 30 heavy (non-hydrogen) atoms. The van der Waals surface area contributed by atoms with E-state index in [4.69, 9.17) is 15.5 Å². The lowest BCUT2D eigenvalue weighted by molar-refractivity contribution is 0.122. The molecule has 2 aliphatic heterocycles. The molecule has 2 aliphatic rings. The summed E-state index contributed by atoms with van der Waals surface area (Å²) in [7, 11) is 0. The van der Waals surface area contributed by atoms with Gasteiger partial charge in [-0.3, -0.25) is 4.98 Å². The molecular weight excluding hydrogens is 376 g/mol. The van der Waals surface area contributed by atoms with Crippen LogP contribution in [-0.4, -0.2) is 47.8 Å². The average Bonchev–Trinajstić information content (AvgIpc) is 3.35. The van der Waals surface area contributed by atoms with Crippen LogP contribution in [0.25, 0.3) is 22.3 Å². The van der Waals surface area contributed by atoms with Gasteiger partial charge in [-0.15, -0.1) is 0 Å². The lowest BCUT2D eigenvalue weighted by atomic mass is 9.98. The second kappa shape index (κ2) is 8.38. The number of nitrogens with one attached hydrogen (secondary N) is 1. The molecule has 0 amide bonds. The van der Waals surface area contributed by atoms with Crippen LogP contribution < -0.4 is 16.0 Å². The van der Waals surface area contributed by atoms with Crippen LogP contribution in [0.15, 0.2) is 49.1 Å². The molecule has 7 nitrogen and oxygen atoms in total. The zero-order chi connectivity index (χ0) is 20.3. The Morgan fingerprint density at radius 2 is 1.77 bits per heavy atom. The normalized spacial score (nSPS) is 19.2. The van der Waals surface area contributed by atoms with Gasteiger partial charge in [-0.05, 0) is 49.2 Å². The summed E-state index contributed by atoms with van der Waals surface area (Å²) in [6, 6.07) is 8.59. The SMILES string of the molecule is Nc1ncc(-c2cnc(N3CCOCC3)c(C3CCCN3)c2)cc1-c1ccncc1. The predicted molar refractivity (Wildman–Crippen MR) is 118 cm³/mol. The Morgan fingerprint density at radius 1 is 1.00 bits per heavy atom. The van der Waals surface area contributed by atoms with E-state index in [2.05, 4.69) is 32.3 Å². The summed E-state index contributed by atoms with van der Waals surface area (Å²) in [6.07, 6.45) is 9.63. The molecule has 3 aromatic heterocycles. The number of nitrogens with zero attached hydrogens (tertiary/aromatic N) is 4. The van der Waals surface area contributed by atoms with E-state index in [0.717, 1.165) is 67.3 Å². The van der Waals surface area contributed by atoms with Crippen molar-refractivity contribution < 1.29 is 4.74 Å². The first kappa shape index (κ1) is 19.0. The van der Waals surface area contributed by atoms with Crippen molar-refractivity contribution in [3.8, 4) is 22.3 Å². The maximum Gasteiger partial charge on any atom is 0.133 e. The van der Waals surface area contributed by atoms with E-state index in [0.29, 0.717) is 11.9 Å². The van der Waals surface area contributed by atoms with Gasteiger partial charge in [0.05, 0.1) is 13.2 Å². The van der Waals surface area contributed by atoms with Gasteiger partial charge in [0.2, 0.25) is 0 Å². The standard InChI is InChI=1S/C23H26N6O/c24-22-19(16-3-6-25-7-4-16)12-17(14-27-22)18-13-20(21-2-1-5-26-21)23(28-15-18)29-8-10-30-11-9-29/h3-4,6-7,12-15,21,26H,1-2,5,8-11H2,(H2,24,27). The number of rotatable bonds is 4. The smallest absolute Gasteiger partial charge is 0.133 e. The number of hydrogen-bond donors (Lipinski definition) is 2. The zero-order valence-corrected chi connectivity index (χ0v) is 16.9. The summed E-state index contributed by atoms with van der Waals surface area (Å²) in [6.45, 7) is 4.30. The number of ether oxygens (including phenoxy) is 1. The topological polar surface area (TPSA) is 89.2 Å². The first-order chi connectivity index (χ1) is 14.8. The quantitative estimate of drug-likeness (QED) is 0.693. The summed E-state index contributed by atoms with van der Waals surface area (Å²) in [4.78, 5) is 15.8. The van der Waals surface area contributed by atoms with E-state index in [-0.39, 0.29) is 0 Å². The number of nitrogens with two attached hydrogens (primary N) is 1. The van der Waals surface area contributed by atoms with Crippen LogP contribution in [0, 0.1) is 0 Å². The van der Waals surface area contributed by atoms with E-state index in [9.17, 15) is 0 Å². The molecule has 0 bridgehead atoms. The second-order valence-electron chi connectivity index (χ2n) is 7.78. The van der Waals surface area contributed by atoms with Crippen molar-refractivity contribution in [2.45, 2.75) is 18.9 Å². The monoisotopic (exact) mass is 402 g/mol. The molecule has 0 aromatic carbocycles. The highest BCUT2D eigenvalue weighted by Gasteiger charge is 2.25. The molecule has 0 radical (unpaired) electrons. The Hall–Kier alpha value is -3.03. The molecule has 0 aliphatic carbocycles. The maximum atomic E-state index is 6.17. The van der Waals surface area contributed by atoms with Crippen molar-refractivity contribution >= 4 is 11.6 Å². The lowest BCUT2D eigenvalue weighted by Crippen LogP contribution is -2.38. The molecule has 2 saturated heterocycles. The summed E-state index contributed by atoms with van der Waals surface area (Å²) < 4.78 is 5.54. The van der Waals surface area contributed by atoms with Crippen molar-refractivity contribution in [3.63, 3.8) is 0 Å². The van der Waals surface area contributed by atoms with E-state index in [1.165, 1.54) is 12.0 Å². The Balaban J connectivity index is 1.55. The third-order valence-electron chi connectivity index (χ3n) is 5.88. The predicted octanol–water partition coefficient (Wildman–Crippen LogP) is 3.05. The molecular formula is C23H26N6O. The van der Waals surface area contributed by atoms with Crippen LogP contribution in [0.2, 0.25) is 0 Å². The molecule has 3 N–H and O–H groups in total. The van der Waals surface area contributed by atoms with Gasteiger partial charge in [-0.25, -0.2) is 9.97 Å². The summed E-state index contributed by atoms with van der Waals surface area (Å²) in [5.74, 6) is 1.58. The van der Waals surface area contributed by atoms with Gasteiger partial charge in [-0.1, -0.05) is 0 Å². The molecule has 154 valence electrons. The minimum absolute atomic E-state index is 0.330. The molecule has 2 fully saturated rings. The van der Waals surface area contributed by atoms with Gasteiger partial charge in [0.25, 0.3) is 0 Å². The number of hydrogen-bond acceptors (Lipinski definition) is 7. The number of pyridine rings is 3. The third-order valence-corrected chi connectivity index (χ3v) is 5.88. The summed E-state index contributed by atoms with van der Waals surface area (Å²) >= 11 is 0. The molecule has 1 unspecified atom stereocenters. The van der Waals surface area contributed by atoms with Crippen LogP contribution in [-0.2, 0) is 4.74 Å². The number of morpholine rings is 1. The average molecular weight is 403 g/mol. The van der Waals surface area contributed by atoms with E-state index >= 15 is 0 Å². The van der Waals surface area contributed by atoms with Crippen molar-refractivity contribution in [2.24, 2.45) is 0 Å². The van der Waals surface area contributed by atoms with E-state index in [1.54, 1.807) is 12.4 Å². The van der Waals surface area contributed by atoms with Crippen LogP contribution in [0.1, 0.15) is 24.4 Å². The number of nitrogen functional groups attached to an aromatic ring is 1. The van der Waals surface area contributed by atoms with Gasteiger partial charge in [0.15, 0.2) is 0 Å². The zero-order valence-electron chi connectivity index (χ0n) is 16.9.